The molecule has 4 heavy (non-hydrogen) atoms. The molecule has 0 atom stereocenters. The summed E-state index contributed by atoms with van der Waals surface area (Å²) in [5.41, 5.74) is 0. The van der Waals surface area contributed by atoms with Gasteiger partial charge in [0, 0.05) is 0 Å². The molecule has 20 valence electrons. The summed E-state index contributed by atoms with van der Waals surface area (Å²) in [6, 6.07) is 0. The van der Waals surface area contributed by atoms with E-state index in [2.05, 4.69) is 23.7 Å². The molecule has 0 aromatic heterocycles. The maximum atomic E-state index is 4.20. The van der Waals surface area contributed by atoms with Crippen LogP contribution in [0.3, 0.4) is 0 Å². The van der Waals surface area contributed by atoms with Gasteiger partial charge in [0.1, 0.15) is 0 Å². The van der Waals surface area contributed by atoms with Crippen LogP contribution in [0.2, 0.25) is 0 Å². The van der Waals surface area contributed by atoms with Gasteiger partial charge in [-0.2, -0.15) is 0 Å². The van der Waals surface area contributed by atoms with Crippen molar-refractivity contribution in [3.63, 3.8) is 0 Å². The zero-order valence-corrected chi connectivity index (χ0v) is 2.96. The molecule has 0 aliphatic heterocycles. The summed E-state index contributed by atoms with van der Waals surface area (Å²) in [6.45, 7) is 3.07. The molecule has 0 aliphatic carbocycles. The van der Waals surface area contributed by atoms with Crippen molar-refractivity contribution in [1.82, 2.24) is 0 Å². The van der Waals surface area contributed by atoms with Gasteiger partial charge >= 0.3 is 30.0 Å². The summed E-state index contributed by atoms with van der Waals surface area (Å²) in [5.74, 6) is 0. The van der Waals surface area contributed by atoms with Crippen LogP contribution in [0.1, 0.15) is 0 Å². The van der Waals surface area contributed by atoms with E-state index < -0.39 is 0 Å². The van der Waals surface area contributed by atoms with Crippen LogP contribution in [0, 0.1) is 0 Å². The van der Waals surface area contributed by atoms with Crippen molar-refractivity contribution in [3.8, 4) is 0 Å². The molecule has 0 bridgehead atoms. The van der Waals surface area contributed by atoms with Crippen LogP contribution in [-0.2, 0) is 0 Å². The average Bonchev–Trinajstić information content (AvgIpc) is 1.37. The first-order valence-corrected chi connectivity index (χ1v) is 1.28. The van der Waals surface area contributed by atoms with Gasteiger partial charge < -0.3 is 0 Å². The van der Waals surface area contributed by atoms with Crippen molar-refractivity contribution < 1.29 is 0 Å². The van der Waals surface area contributed by atoms with Crippen molar-refractivity contribution in [1.29, 1.82) is 0 Å². The maximum absolute atomic E-state index is 4.20. The Balaban J connectivity index is 2.73. The van der Waals surface area contributed by atoms with Gasteiger partial charge in [-0.1, -0.05) is 0 Å². The topological polar surface area (TPSA) is 12.4 Å². The molecule has 0 unspecified atom stereocenters. The normalized spacial score (nSPS) is 4.00. The fourth-order valence-electron chi connectivity index (χ4n) is 0. The predicted molar refractivity (Wildman–Crippen MR) is 22.9 cm³/mol. The summed E-state index contributed by atoms with van der Waals surface area (Å²) in [4.78, 5) is 3.18. The third-order valence-corrected chi connectivity index (χ3v) is 0.224. The van der Waals surface area contributed by atoms with Crippen LogP contribution >= 0.6 is 12.1 Å². The summed E-state index contributed by atoms with van der Waals surface area (Å²) in [5, 5.41) is 0. The fraction of sp³-hybridized carbons (Fsp3) is 0. The van der Waals surface area contributed by atoms with E-state index >= 15 is 0 Å². The molecule has 0 aromatic rings. The van der Waals surface area contributed by atoms with Crippen LogP contribution in [0.4, 0.5) is 0 Å². The van der Waals surface area contributed by atoms with Crippen LogP contribution in [-0.4, -0.2) is 13.0 Å². The second-order valence-corrected chi connectivity index (χ2v) is 0.499. The Morgan fingerprint density at radius 3 is 2.25 bits per heavy atom. The van der Waals surface area contributed by atoms with Crippen LogP contribution < -0.4 is 0 Å². The van der Waals surface area contributed by atoms with Crippen molar-refractivity contribution in [2.45, 2.75) is 0 Å². The monoisotopic (exact) mass is 71.0 g/mol. The third kappa shape index (κ3) is 1.95. The first-order valence-electron chi connectivity index (χ1n) is 0.810. The SMILES string of the molecule is C=NB=S. The quantitative estimate of drug-likeness (QED) is 0.322. The minimum absolute atomic E-state index is 1.22. The number of nitrogens with zero attached hydrogens (tertiary/aromatic N) is 1. The molecule has 0 aromatic carbocycles. The van der Waals surface area contributed by atoms with Crippen molar-refractivity contribution in [3.05, 3.63) is 0 Å². The molecule has 3 heteroatoms. The Morgan fingerprint density at radius 1 is 2.00 bits per heavy atom. The van der Waals surface area contributed by atoms with E-state index in [1.807, 2.05) is 0 Å². The molecular weight excluding hydrogens is 68.9 g/mol. The van der Waals surface area contributed by atoms with Gasteiger partial charge in [-0.3, -0.25) is 0 Å². The van der Waals surface area contributed by atoms with Gasteiger partial charge in [-0.25, -0.2) is 0 Å². The second kappa shape index (κ2) is 2.95. The predicted octanol–water partition coefficient (Wildman–Crippen LogP) is 0.419. The Bertz CT molecular complexity index is 29.0. The minimum atomic E-state index is 1.22. The summed E-state index contributed by atoms with van der Waals surface area (Å²) < 4.78 is 0. The molecule has 0 saturated carbocycles. The zero-order chi connectivity index (χ0) is 3.41. The molecule has 0 aliphatic rings. The fourth-order valence-corrected chi connectivity index (χ4v) is 0. The molecule has 0 fully saturated rings. The molecular formula is CH2BNS. The number of rotatable bonds is 1. The molecule has 0 rings (SSSR count). The Labute approximate surface area is 30.9 Å². The molecule has 0 radical (unpaired) electrons. The standard InChI is InChI=1S/CH2BNS/c1-3-2-4/h1H2. The number of hydrogen-bond acceptors (Lipinski definition) is 1. The van der Waals surface area contributed by atoms with E-state index in [0.717, 1.165) is 0 Å². The van der Waals surface area contributed by atoms with E-state index in [9.17, 15) is 0 Å². The van der Waals surface area contributed by atoms with E-state index in [4.69, 9.17) is 0 Å². The van der Waals surface area contributed by atoms with E-state index in [1.165, 1.54) is 6.29 Å². The van der Waals surface area contributed by atoms with Gasteiger partial charge in [0.15, 0.2) is 0 Å². The van der Waals surface area contributed by atoms with E-state index in [-0.39, 0.29) is 0 Å². The van der Waals surface area contributed by atoms with Crippen LogP contribution in [0.15, 0.2) is 4.90 Å². The first kappa shape index (κ1) is 3.95. The van der Waals surface area contributed by atoms with Gasteiger partial charge in [0.05, 0.1) is 0 Å². The molecule has 0 amide bonds. The summed E-state index contributed by atoms with van der Waals surface area (Å²) in [6.07, 6.45) is 1.22. The molecule has 1 nitrogen and oxygen atoms in total. The van der Waals surface area contributed by atoms with Crippen molar-refractivity contribution in [2.24, 2.45) is 4.90 Å². The summed E-state index contributed by atoms with van der Waals surface area (Å²) >= 11 is 4.20. The second-order valence-electron chi connectivity index (χ2n) is 0.288. The molecule has 0 spiro atoms. The van der Waals surface area contributed by atoms with Crippen molar-refractivity contribution >= 4 is 25.1 Å². The van der Waals surface area contributed by atoms with E-state index in [1.54, 1.807) is 0 Å². The van der Waals surface area contributed by atoms with Gasteiger partial charge in [0.2, 0.25) is 0 Å². The van der Waals surface area contributed by atoms with Gasteiger partial charge in [-0.15, -0.1) is 0 Å². The Kier molecular flexibility index (Phi) is 2.92. The molecule has 0 saturated heterocycles. The Hall–Kier alpha value is -0.0451. The third-order valence-electron chi connectivity index (χ3n) is 0.0745. The van der Waals surface area contributed by atoms with Crippen molar-refractivity contribution in [2.75, 3.05) is 0 Å². The molecule has 0 heterocycles. The first-order chi connectivity index (χ1) is 1.91. The number of hydrogen-bond donors (Lipinski definition) is 0. The summed E-state index contributed by atoms with van der Waals surface area (Å²) in [7, 11) is 0. The zero-order valence-electron chi connectivity index (χ0n) is 2.14. The van der Waals surface area contributed by atoms with Crippen LogP contribution in [0.25, 0.3) is 0 Å². The van der Waals surface area contributed by atoms with Crippen LogP contribution in [0.5, 0.6) is 0 Å². The van der Waals surface area contributed by atoms with E-state index in [0.29, 0.717) is 0 Å². The van der Waals surface area contributed by atoms with Gasteiger partial charge in [0.25, 0.3) is 0 Å². The average molecular weight is 70.9 g/mol. The Morgan fingerprint density at radius 2 is 2.25 bits per heavy atom. The molecule has 0 N–H and O–H groups in total. The van der Waals surface area contributed by atoms with Gasteiger partial charge in [-0.05, 0) is 0 Å².